The Hall–Kier alpha value is -2.16. The zero-order valence-corrected chi connectivity index (χ0v) is 8.21. The monoisotopic (exact) mass is 203 g/mol. The normalized spacial score (nSPS) is 10.4. The lowest BCUT2D eigenvalue weighted by Gasteiger charge is -2.01. The Bertz CT molecular complexity index is 589. The Balaban J connectivity index is 2.57. The third-order valence-electron chi connectivity index (χ3n) is 2.18. The average Bonchev–Trinajstić information content (AvgIpc) is 2.61. The first-order chi connectivity index (χ1) is 7.24. The van der Waals surface area contributed by atoms with E-state index < -0.39 is 0 Å². The summed E-state index contributed by atoms with van der Waals surface area (Å²) < 4.78 is 2.97. The second-order valence-corrected chi connectivity index (χ2v) is 3.16. The molecular formula is C9H9N5O. The number of aryl methyl sites for hydroxylation is 2. The molecule has 0 aliphatic heterocycles. The second-order valence-electron chi connectivity index (χ2n) is 3.16. The summed E-state index contributed by atoms with van der Waals surface area (Å²) in [4.78, 5) is 15.9. The van der Waals surface area contributed by atoms with Gasteiger partial charge in [0.05, 0.1) is 25.0 Å². The molecule has 2 rings (SSSR count). The van der Waals surface area contributed by atoms with Crippen molar-refractivity contribution >= 4 is 11.0 Å². The van der Waals surface area contributed by atoms with E-state index >= 15 is 0 Å². The van der Waals surface area contributed by atoms with Crippen molar-refractivity contribution in [1.29, 1.82) is 5.26 Å². The summed E-state index contributed by atoms with van der Waals surface area (Å²) in [5, 5.41) is 12.9. The molecule has 0 saturated heterocycles. The van der Waals surface area contributed by atoms with Crippen molar-refractivity contribution < 1.29 is 0 Å². The van der Waals surface area contributed by atoms with Gasteiger partial charge in [0.15, 0.2) is 5.65 Å². The molecule has 6 nitrogen and oxygen atoms in total. The van der Waals surface area contributed by atoms with Crippen LogP contribution in [0.3, 0.4) is 0 Å². The first kappa shape index (κ1) is 9.40. The van der Waals surface area contributed by atoms with Gasteiger partial charge in [0.2, 0.25) is 0 Å². The number of aromatic nitrogens is 4. The molecule has 0 amide bonds. The Morgan fingerprint density at radius 1 is 1.60 bits per heavy atom. The number of hydrogen-bond acceptors (Lipinski definition) is 4. The predicted octanol–water partition coefficient (Wildman–Crippen LogP) is 0.0437. The van der Waals surface area contributed by atoms with E-state index in [-0.39, 0.29) is 5.56 Å². The van der Waals surface area contributed by atoms with Crippen molar-refractivity contribution in [3.63, 3.8) is 0 Å². The van der Waals surface area contributed by atoms with Gasteiger partial charge in [-0.25, -0.2) is 4.98 Å². The summed E-state index contributed by atoms with van der Waals surface area (Å²) in [6, 6.07) is 1.99. The van der Waals surface area contributed by atoms with Gasteiger partial charge in [-0.1, -0.05) is 0 Å². The van der Waals surface area contributed by atoms with Crippen LogP contribution in [-0.2, 0) is 13.6 Å². The molecule has 0 atom stereocenters. The Kier molecular flexibility index (Phi) is 2.21. The molecular weight excluding hydrogens is 194 g/mol. The van der Waals surface area contributed by atoms with Crippen molar-refractivity contribution in [2.75, 3.05) is 0 Å². The van der Waals surface area contributed by atoms with Gasteiger partial charge in [-0.15, -0.1) is 0 Å². The lowest BCUT2D eigenvalue weighted by Crippen LogP contribution is -2.20. The smallest absolute Gasteiger partial charge is 0.264 e. The molecule has 0 saturated carbocycles. The van der Waals surface area contributed by atoms with Crippen LogP contribution < -0.4 is 5.56 Å². The first-order valence-corrected chi connectivity index (χ1v) is 4.48. The van der Waals surface area contributed by atoms with E-state index in [1.165, 1.54) is 17.1 Å². The summed E-state index contributed by atoms with van der Waals surface area (Å²) in [7, 11) is 1.73. The van der Waals surface area contributed by atoms with Crippen LogP contribution in [0, 0.1) is 11.3 Å². The molecule has 6 heteroatoms. The van der Waals surface area contributed by atoms with Crippen molar-refractivity contribution in [1.82, 2.24) is 19.3 Å². The highest BCUT2D eigenvalue weighted by atomic mass is 16.1. The topological polar surface area (TPSA) is 76.5 Å². The van der Waals surface area contributed by atoms with E-state index in [1.54, 1.807) is 11.7 Å². The molecule has 2 heterocycles. The van der Waals surface area contributed by atoms with Crippen molar-refractivity contribution in [3.8, 4) is 6.07 Å². The molecule has 0 aliphatic rings. The van der Waals surface area contributed by atoms with E-state index in [9.17, 15) is 4.79 Å². The van der Waals surface area contributed by atoms with Crippen LogP contribution >= 0.6 is 0 Å². The van der Waals surface area contributed by atoms with Crippen LogP contribution in [0.1, 0.15) is 6.42 Å². The Morgan fingerprint density at radius 2 is 2.40 bits per heavy atom. The predicted molar refractivity (Wildman–Crippen MR) is 53.0 cm³/mol. The third-order valence-corrected chi connectivity index (χ3v) is 2.18. The number of hydrogen-bond donors (Lipinski definition) is 0. The zero-order valence-electron chi connectivity index (χ0n) is 8.21. The molecule has 0 N–H and O–H groups in total. The Labute approximate surface area is 85.4 Å². The first-order valence-electron chi connectivity index (χ1n) is 4.48. The number of nitriles is 1. The fraction of sp³-hybridized carbons (Fsp3) is 0.333. The molecule has 0 fully saturated rings. The highest BCUT2D eigenvalue weighted by Gasteiger charge is 2.06. The molecule has 2 aromatic heterocycles. The summed E-state index contributed by atoms with van der Waals surface area (Å²) >= 11 is 0. The standard InChI is InChI=1S/C9H9N5O/c1-13-8-7(5-12-13)9(15)14(6-11-8)4-2-3-10/h5-6H,2,4H2,1H3. The van der Waals surface area contributed by atoms with Gasteiger partial charge in [-0.3, -0.25) is 14.0 Å². The lowest BCUT2D eigenvalue weighted by atomic mass is 10.4. The van der Waals surface area contributed by atoms with E-state index in [1.807, 2.05) is 6.07 Å². The van der Waals surface area contributed by atoms with E-state index in [2.05, 4.69) is 10.1 Å². The van der Waals surface area contributed by atoms with Gasteiger partial charge < -0.3 is 0 Å². The Morgan fingerprint density at radius 3 is 3.13 bits per heavy atom. The zero-order chi connectivity index (χ0) is 10.8. The maximum atomic E-state index is 11.8. The van der Waals surface area contributed by atoms with Gasteiger partial charge in [0.1, 0.15) is 5.39 Å². The van der Waals surface area contributed by atoms with E-state index in [4.69, 9.17) is 5.26 Å². The van der Waals surface area contributed by atoms with Gasteiger partial charge in [-0.05, 0) is 0 Å². The maximum absolute atomic E-state index is 11.8. The van der Waals surface area contributed by atoms with E-state index in [0.717, 1.165) is 0 Å². The summed E-state index contributed by atoms with van der Waals surface area (Å²) in [5.74, 6) is 0. The fourth-order valence-electron chi connectivity index (χ4n) is 1.40. The highest BCUT2D eigenvalue weighted by Crippen LogP contribution is 2.02. The molecule has 2 aromatic rings. The average molecular weight is 203 g/mol. The van der Waals surface area contributed by atoms with Gasteiger partial charge in [0, 0.05) is 13.6 Å². The lowest BCUT2D eigenvalue weighted by molar-refractivity contribution is 0.675. The molecule has 0 aromatic carbocycles. The van der Waals surface area contributed by atoms with Gasteiger partial charge >= 0.3 is 0 Å². The second kappa shape index (κ2) is 3.53. The largest absolute Gasteiger partial charge is 0.298 e. The third kappa shape index (κ3) is 1.48. The van der Waals surface area contributed by atoms with Crippen molar-refractivity contribution in [3.05, 3.63) is 22.9 Å². The van der Waals surface area contributed by atoms with Crippen LogP contribution in [0.25, 0.3) is 11.0 Å². The SMILES string of the molecule is Cn1ncc2c(=O)n(CCC#N)cnc21. The van der Waals surface area contributed by atoms with Crippen LogP contribution in [0.5, 0.6) is 0 Å². The van der Waals surface area contributed by atoms with Crippen LogP contribution in [0.15, 0.2) is 17.3 Å². The minimum absolute atomic E-state index is 0.150. The minimum atomic E-state index is -0.150. The quantitative estimate of drug-likeness (QED) is 0.690. The molecule has 0 spiro atoms. The van der Waals surface area contributed by atoms with Crippen molar-refractivity contribution in [2.24, 2.45) is 7.05 Å². The van der Waals surface area contributed by atoms with Gasteiger partial charge in [-0.2, -0.15) is 10.4 Å². The highest BCUT2D eigenvalue weighted by molar-refractivity contribution is 5.72. The molecule has 0 aliphatic carbocycles. The molecule has 15 heavy (non-hydrogen) atoms. The molecule has 0 unspecified atom stereocenters. The molecule has 0 radical (unpaired) electrons. The van der Waals surface area contributed by atoms with Crippen LogP contribution in [0.4, 0.5) is 0 Å². The van der Waals surface area contributed by atoms with Crippen LogP contribution in [0.2, 0.25) is 0 Å². The summed E-state index contributed by atoms with van der Waals surface area (Å²) in [6.45, 7) is 0.368. The molecule has 0 bridgehead atoms. The summed E-state index contributed by atoms with van der Waals surface area (Å²) in [5.41, 5.74) is 0.413. The maximum Gasteiger partial charge on any atom is 0.264 e. The number of fused-ring (bicyclic) bond motifs is 1. The minimum Gasteiger partial charge on any atom is -0.298 e. The number of nitrogens with zero attached hydrogens (tertiary/aromatic N) is 5. The van der Waals surface area contributed by atoms with Crippen molar-refractivity contribution in [2.45, 2.75) is 13.0 Å². The summed E-state index contributed by atoms with van der Waals surface area (Å²) in [6.07, 6.45) is 3.24. The van der Waals surface area contributed by atoms with Crippen LogP contribution in [-0.4, -0.2) is 19.3 Å². The van der Waals surface area contributed by atoms with E-state index in [0.29, 0.717) is 24.0 Å². The fourth-order valence-corrected chi connectivity index (χ4v) is 1.40. The van der Waals surface area contributed by atoms with Gasteiger partial charge in [0.25, 0.3) is 5.56 Å². The molecule has 76 valence electrons. The number of rotatable bonds is 2.